The molecule has 1 aromatic carbocycles. The lowest BCUT2D eigenvalue weighted by Crippen LogP contribution is -2.25. The summed E-state index contributed by atoms with van der Waals surface area (Å²) in [5.41, 5.74) is 0.100. The van der Waals surface area contributed by atoms with E-state index in [2.05, 4.69) is 14.9 Å². The molecule has 9 heteroatoms. The molecule has 2 aromatic rings. The monoisotopic (exact) mass is 301 g/mol. The van der Waals surface area contributed by atoms with E-state index in [0.29, 0.717) is 5.89 Å². The van der Waals surface area contributed by atoms with Gasteiger partial charge in [0.2, 0.25) is 15.9 Å². The van der Waals surface area contributed by atoms with Gasteiger partial charge in [-0.3, -0.25) is 0 Å². The Balaban J connectivity index is 2.24. The van der Waals surface area contributed by atoms with E-state index in [1.807, 2.05) is 0 Å². The SMILES string of the molecule is Cc1nc(CNS(=O)(=O)c2cc(F)ccc2CO)no1. The number of rotatable bonds is 5. The molecule has 0 spiro atoms. The fourth-order valence-electron chi connectivity index (χ4n) is 1.56. The maximum Gasteiger partial charge on any atom is 0.241 e. The highest BCUT2D eigenvalue weighted by Crippen LogP contribution is 2.17. The fraction of sp³-hybridized carbons (Fsp3) is 0.273. The van der Waals surface area contributed by atoms with Crippen LogP contribution in [0.3, 0.4) is 0 Å². The minimum Gasteiger partial charge on any atom is -0.392 e. The Morgan fingerprint density at radius 3 is 2.80 bits per heavy atom. The number of aliphatic hydroxyl groups is 1. The van der Waals surface area contributed by atoms with Crippen LogP contribution in [0.25, 0.3) is 0 Å². The average Bonchev–Trinajstić information content (AvgIpc) is 2.82. The lowest BCUT2D eigenvalue weighted by molar-refractivity contribution is 0.278. The fourth-order valence-corrected chi connectivity index (χ4v) is 2.78. The van der Waals surface area contributed by atoms with E-state index < -0.39 is 22.4 Å². The van der Waals surface area contributed by atoms with E-state index in [9.17, 15) is 12.8 Å². The molecular weight excluding hydrogens is 289 g/mol. The molecule has 0 aliphatic rings. The number of aryl methyl sites for hydroxylation is 1. The van der Waals surface area contributed by atoms with Gasteiger partial charge in [0, 0.05) is 6.92 Å². The highest BCUT2D eigenvalue weighted by Gasteiger charge is 2.19. The largest absolute Gasteiger partial charge is 0.392 e. The molecule has 0 aliphatic carbocycles. The molecule has 2 rings (SSSR count). The smallest absolute Gasteiger partial charge is 0.241 e. The number of halogens is 1. The number of nitrogens with one attached hydrogen (secondary N) is 1. The summed E-state index contributed by atoms with van der Waals surface area (Å²) in [5, 5.41) is 12.6. The first-order chi connectivity index (χ1) is 9.42. The predicted octanol–water partition coefficient (Wildman–Crippen LogP) is 0.488. The van der Waals surface area contributed by atoms with Crippen molar-refractivity contribution >= 4 is 10.0 Å². The summed E-state index contributed by atoms with van der Waals surface area (Å²) in [7, 11) is -3.99. The third-order valence-electron chi connectivity index (χ3n) is 2.48. The molecule has 1 aromatic heterocycles. The lowest BCUT2D eigenvalue weighted by Gasteiger charge is -2.09. The molecule has 108 valence electrons. The first kappa shape index (κ1) is 14.6. The Morgan fingerprint density at radius 2 is 2.20 bits per heavy atom. The van der Waals surface area contributed by atoms with E-state index in [0.717, 1.165) is 12.1 Å². The number of aliphatic hydroxyl groups excluding tert-OH is 1. The zero-order chi connectivity index (χ0) is 14.8. The maximum atomic E-state index is 13.2. The van der Waals surface area contributed by atoms with Crippen molar-refractivity contribution in [3.63, 3.8) is 0 Å². The van der Waals surface area contributed by atoms with Gasteiger partial charge in [0.1, 0.15) is 5.82 Å². The van der Waals surface area contributed by atoms with Gasteiger partial charge in [-0.15, -0.1) is 0 Å². The summed E-state index contributed by atoms with van der Waals surface area (Å²) in [6, 6.07) is 3.13. The third-order valence-corrected chi connectivity index (χ3v) is 3.96. The van der Waals surface area contributed by atoms with Gasteiger partial charge in [-0.05, 0) is 17.7 Å². The van der Waals surface area contributed by atoms with Crippen molar-refractivity contribution in [2.24, 2.45) is 0 Å². The van der Waals surface area contributed by atoms with Crippen molar-refractivity contribution in [3.8, 4) is 0 Å². The number of benzene rings is 1. The Hall–Kier alpha value is -1.84. The average molecular weight is 301 g/mol. The third kappa shape index (κ3) is 3.18. The summed E-state index contributed by atoms with van der Waals surface area (Å²) >= 11 is 0. The summed E-state index contributed by atoms with van der Waals surface area (Å²) in [6.07, 6.45) is 0. The van der Waals surface area contributed by atoms with Crippen molar-refractivity contribution in [2.75, 3.05) is 0 Å². The second-order valence-corrected chi connectivity index (χ2v) is 5.70. The summed E-state index contributed by atoms with van der Waals surface area (Å²) in [4.78, 5) is 3.52. The molecule has 0 unspecified atom stereocenters. The first-order valence-corrected chi connectivity index (χ1v) is 7.09. The number of hydrogen-bond acceptors (Lipinski definition) is 6. The van der Waals surface area contributed by atoms with E-state index in [-0.39, 0.29) is 22.8 Å². The molecule has 0 saturated carbocycles. The molecule has 0 fully saturated rings. The molecular formula is C11H12FN3O4S. The normalized spacial score (nSPS) is 11.8. The number of aromatic nitrogens is 2. The second kappa shape index (κ2) is 5.65. The molecule has 0 saturated heterocycles. The van der Waals surface area contributed by atoms with E-state index in [4.69, 9.17) is 9.63 Å². The summed E-state index contributed by atoms with van der Waals surface area (Å²) in [5.74, 6) is -0.244. The van der Waals surface area contributed by atoms with E-state index in [1.165, 1.54) is 6.07 Å². The lowest BCUT2D eigenvalue weighted by atomic mass is 10.2. The zero-order valence-electron chi connectivity index (χ0n) is 10.5. The molecule has 20 heavy (non-hydrogen) atoms. The van der Waals surface area contributed by atoms with Gasteiger partial charge in [0.25, 0.3) is 0 Å². The molecule has 0 atom stereocenters. The van der Waals surface area contributed by atoms with Gasteiger partial charge in [0.15, 0.2) is 5.82 Å². The van der Waals surface area contributed by atoms with E-state index >= 15 is 0 Å². The Morgan fingerprint density at radius 1 is 1.45 bits per heavy atom. The number of sulfonamides is 1. The minimum absolute atomic E-state index is 0.100. The predicted molar refractivity (Wildman–Crippen MR) is 65.4 cm³/mol. The van der Waals surface area contributed by atoms with Gasteiger partial charge >= 0.3 is 0 Å². The Bertz CT molecular complexity index is 714. The van der Waals surface area contributed by atoms with Crippen LogP contribution < -0.4 is 4.72 Å². The van der Waals surface area contributed by atoms with Crippen molar-refractivity contribution in [2.45, 2.75) is 25.0 Å². The van der Waals surface area contributed by atoms with Crippen molar-refractivity contribution in [3.05, 3.63) is 41.3 Å². The molecule has 0 aliphatic heterocycles. The molecule has 0 amide bonds. The van der Waals surface area contributed by atoms with Crippen LogP contribution in [0.15, 0.2) is 27.6 Å². The van der Waals surface area contributed by atoms with Crippen LogP contribution in [-0.4, -0.2) is 23.7 Å². The first-order valence-electron chi connectivity index (χ1n) is 5.60. The van der Waals surface area contributed by atoms with Crippen LogP contribution in [0.2, 0.25) is 0 Å². The standard InChI is InChI=1S/C11H12FN3O4S/c1-7-14-11(15-19-7)5-13-20(17,18)10-4-9(12)3-2-8(10)6-16/h2-4,13,16H,5-6H2,1H3. The van der Waals surface area contributed by atoms with Crippen LogP contribution in [0, 0.1) is 12.7 Å². The topological polar surface area (TPSA) is 105 Å². The Labute approximate surface area is 114 Å². The van der Waals surface area contributed by atoms with Crippen LogP contribution in [0.1, 0.15) is 17.3 Å². The van der Waals surface area contributed by atoms with Crippen molar-refractivity contribution in [1.82, 2.24) is 14.9 Å². The van der Waals surface area contributed by atoms with Crippen LogP contribution in [0.5, 0.6) is 0 Å². The van der Waals surface area contributed by atoms with Gasteiger partial charge in [-0.2, -0.15) is 4.98 Å². The highest BCUT2D eigenvalue weighted by molar-refractivity contribution is 7.89. The quantitative estimate of drug-likeness (QED) is 0.832. The number of nitrogens with zero attached hydrogens (tertiary/aromatic N) is 2. The van der Waals surface area contributed by atoms with Gasteiger partial charge in [-0.25, -0.2) is 17.5 Å². The molecule has 7 nitrogen and oxygen atoms in total. The summed E-state index contributed by atoms with van der Waals surface area (Å²) < 4.78 is 44.2. The van der Waals surface area contributed by atoms with Crippen molar-refractivity contribution in [1.29, 1.82) is 0 Å². The minimum atomic E-state index is -3.99. The molecule has 2 N–H and O–H groups in total. The van der Waals surface area contributed by atoms with Crippen LogP contribution in [0.4, 0.5) is 4.39 Å². The highest BCUT2D eigenvalue weighted by atomic mass is 32.2. The summed E-state index contributed by atoms with van der Waals surface area (Å²) in [6.45, 7) is 0.861. The van der Waals surface area contributed by atoms with Crippen LogP contribution in [-0.2, 0) is 23.2 Å². The number of hydrogen-bond donors (Lipinski definition) is 2. The maximum absolute atomic E-state index is 13.2. The van der Waals surface area contributed by atoms with Crippen LogP contribution >= 0.6 is 0 Å². The zero-order valence-corrected chi connectivity index (χ0v) is 11.3. The van der Waals surface area contributed by atoms with E-state index in [1.54, 1.807) is 6.92 Å². The molecule has 0 radical (unpaired) electrons. The van der Waals surface area contributed by atoms with Gasteiger partial charge in [0.05, 0.1) is 18.0 Å². The van der Waals surface area contributed by atoms with Gasteiger partial charge < -0.3 is 9.63 Å². The van der Waals surface area contributed by atoms with Crippen molar-refractivity contribution < 1.29 is 22.4 Å². The second-order valence-electron chi connectivity index (χ2n) is 3.96. The molecule has 1 heterocycles. The molecule has 0 bridgehead atoms. The Kier molecular flexibility index (Phi) is 4.12. The van der Waals surface area contributed by atoms with Gasteiger partial charge in [-0.1, -0.05) is 11.2 Å².